The number of carbonyl (C=O) groups is 3. The van der Waals surface area contributed by atoms with E-state index in [2.05, 4.69) is 10.1 Å². The van der Waals surface area contributed by atoms with Crippen LogP contribution in [0.4, 0.5) is 13.6 Å². The predicted octanol–water partition coefficient (Wildman–Crippen LogP) is 3.12. The Balaban J connectivity index is 1.73. The van der Waals surface area contributed by atoms with Crippen molar-refractivity contribution >= 4 is 35.0 Å². The Morgan fingerprint density at radius 2 is 1.83 bits per heavy atom. The SMILES string of the molecule is COC(=O)C(N)Cc1cc(F)c(Oc2ccc(/C=C3\SC(=O)NC3=O)cc2)c(F)c1. The fourth-order valence-corrected chi connectivity index (χ4v) is 3.32. The predicted molar refractivity (Wildman–Crippen MR) is 106 cm³/mol. The van der Waals surface area contributed by atoms with Gasteiger partial charge >= 0.3 is 5.97 Å². The molecule has 1 heterocycles. The van der Waals surface area contributed by atoms with Crippen molar-refractivity contribution < 1.29 is 32.6 Å². The topological polar surface area (TPSA) is 108 Å². The third-order valence-electron chi connectivity index (χ3n) is 4.06. The highest BCUT2D eigenvalue weighted by atomic mass is 32.2. The maximum atomic E-state index is 14.3. The minimum atomic E-state index is -1.04. The molecular weight excluding hydrogens is 418 g/mol. The van der Waals surface area contributed by atoms with E-state index in [1.54, 1.807) is 12.1 Å². The molecule has 3 N–H and O–H groups in total. The molecule has 1 aliphatic rings. The van der Waals surface area contributed by atoms with Crippen LogP contribution in [0.2, 0.25) is 0 Å². The third-order valence-corrected chi connectivity index (χ3v) is 4.87. The molecule has 1 atom stereocenters. The van der Waals surface area contributed by atoms with Crippen LogP contribution in [0.5, 0.6) is 11.5 Å². The number of methoxy groups -OCH3 is 1. The molecule has 0 aromatic heterocycles. The number of imide groups is 1. The molecule has 2 aromatic carbocycles. The zero-order valence-corrected chi connectivity index (χ0v) is 16.4. The molecule has 0 bridgehead atoms. The second-order valence-corrected chi connectivity index (χ2v) is 7.26. The van der Waals surface area contributed by atoms with Gasteiger partial charge in [-0.1, -0.05) is 12.1 Å². The van der Waals surface area contributed by atoms with Gasteiger partial charge < -0.3 is 15.2 Å². The van der Waals surface area contributed by atoms with Gasteiger partial charge in [0.05, 0.1) is 12.0 Å². The molecule has 7 nitrogen and oxygen atoms in total. The number of ether oxygens (including phenoxy) is 2. The molecule has 10 heteroatoms. The highest BCUT2D eigenvalue weighted by Gasteiger charge is 2.25. The van der Waals surface area contributed by atoms with E-state index < -0.39 is 40.5 Å². The Bertz CT molecular complexity index is 1020. The van der Waals surface area contributed by atoms with Gasteiger partial charge in [0.15, 0.2) is 17.4 Å². The van der Waals surface area contributed by atoms with Crippen LogP contribution in [0, 0.1) is 11.6 Å². The lowest BCUT2D eigenvalue weighted by atomic mass is 10.1. The Morgan fingerprint density at radius 3 is 2.37 bits per heavy atom. The second-order valence-electron chi connectivity index (χ2n) is 6.25. The summed E-state index contributed by atoms with van der Waals surface area (Å²) in [7, 11) is 1.17. The molecule has 1 aliphatic heterocycles. The van der Waals surface area contributed by atoms with Gasteiger partial charge in [-0.15, -0.1) is 0 Å². The van der Waals surface area contributed by atoms with Gasteiger partial charge in [0.1, 0.15) is 11.8 Å². The summed E-state index contributed by atoms with van der Waals surface area (Å²) in [5, 5.41) is 1.69. The summed E-state index contributed by atoms with van der Waals surface area (Å²) in [6, 6.07) is 7.09. The summed E-state index contributed by atoms with van der Waals surface area (Å²) < 4.78 is 38.5. The average Bonchev–Trinajstić information content (AvgIpc) is 3.02. The fourth-order valence-electron chi connectivity index (χ4n) is 2.64. The zero-order valence-electron chi connectivity index (χ0n) is 15.6. The number of nitrogens with two attached hydrogens (primary N) is 1. The molecule has 2 aromatic rings. The van der Waals surface area contributed by atoms with Gasteiger partial charge in [-0.3, -0.25) is 19.7 Å². The van der Waals surface area contributed by atoms with Crippen LogP contribution >= 0.6 is 11.8 Å². The third kappa shape index (κ3) is 5.02. The van der Waals surface area contributed by atoms with Gasteiger partial charge in [-0.25, -0.2) is 8.78 Å². The van der Waals surface area contributed by atoms with Gasteiger partial charge in [0.25, 0.3) is 11.1 Å². The first kappa shape index (κ1) is 21.5. The van der Waals surface area contributed by atoms with Crippen molar-refractivity contribution in [2.24, 2.45) is 5.73 Å². The van der Waals surface area contributed by atoms with Crippen LogP contribution < -0.4 is 15.8 Å². The maximum Gasteiger partial charge on any atom is 0.322 e. The monoisotopic (exact) mass is 434 g/mol. The summed E-state index contributed by atoms with van der Waals surface area (Å²) in [5.74, 6) is -3.52. The molecule has 1 saturated heterocycles. The highest BCUT2D eigenvalue weighted by Crippen LogP contribution is 2.30. The number of rotatable bonds is 6. The highest BCUT2D eigenvalue weighted by molar-refractivity contribution is 8.18. The Labute approximate surface area is 174 Å². The van der Waals surface area contributed by atoms with Crippen molar-refractivity contribution in [1.29, 1.82) is 0 Å². The molecule has 0 aliphatic carbocycles. The molecule has 0 radical (unpaired) electrons. The average molecular weight is 434 g/mol. The summed E-state index contributed by atoms with van der Waals surface area (Å²) in [4.78, 5) is 34.3. The fraction of sp³-hybridized carbons (Fsp3) is 0.150. The van der Waals surface area contributed by atoms with E-state index in [9.17, 15) is 23.2 Å². The lowest BCUT2D eigenvalue weighted by Gasteiger charge is -2.12. The van der Waals surface area contributed by atoms with E-state index in [1.807, 2.05) is 0 Å². The first-order valence-corrected chi connectivity index (χ1v) is 9.42. The summed E-state index contributed by atoms with van der Waals surface area (Å²) in [6.07, 6.45) is 1.41. The van der Waals surface area contributed by atoms with Crippen molar-refractivity contribution in [3.63, 3.8) is 0 Å². The lowest BCUT2D eigenvalue weighted by Crippen LogP contribution is -2.33. The number of benzene rings is 2. The first-order chi connectivity index (χ1) is 14.3. The first-order valence-electron chi connectivity index (χ1n) is 8.61. The minimum absolute atomic E-state index is 0.0990. The standard InChI is InChI=1S/C20H16F2N2O5S/c1-28-19(26)15(23)8-11-6-13(21)17(14(22)7-11)29-12-4-2-10(3-5-12)9-16-18(25)24-20(27)30-16/h2-7,9,15H,8,23H2,1H3,(H,24,25,27)/b16-9-. The molecule has 1 unspecified atom stereocenters. The van der Waals surface area contributed by atoms with Crippen LogP contribution in [0.25, 0.3) is 6.08 Å². The minimum Gasteiger partial charge on any atom is -0.468 e. The molecule has 0 spiro atoms. The molecule has 2 amide bonds. The summed E-state index contributed by atoms with van der Waals surface area (Å²) >= 11 is 0.781. The van der Waals surface area contributed by atoms with E-state index in [0.29, 0.717) is 5.56 Å². The zero-order chi connectivity index (χ0) is 21.8. The quantitative estimate of drug-likeness (QED) is 0.531. The number of esters is 1. The number of thioether (sulfide) groups is 1. The summed E-state index contributed by atoms with van der Waals surface area (Å²) in [5.41, 5.74) is 6.39. The lowest BCUT2D eigenvalue weighted by molar-refractivity contribution is -0.142. The molecule has 1 fully saturated rings. The van der Waals surface area contributed by atoms with E-state index in [-0.39, 0.29) is 22.6 Å². The van der Waals surface area contributed by atoms with E-state index >= 15 is 0 Å². The van der Waals surface area contributed by atoms with Crippen LogP contribution in [0.1, 0.15) is 11.1 Å². The van der Waals surface area contributed by atoms with E-state index in [0.717, 1.165) is 23.9 Å². The van der Waals surface area contributed by atoms with Gasteiger partial charge in [-0.05, 0) is 59.7 Å². The molecule has 30 heavy (non-hydrogen) atoms. The van der Waals surface area contributed by atoms with Gasteiger partial charge in [0, 0.05) is 0 Å². The number of amides is 2. The van der Waals surface area contributed by atoms with Crippen LogP contribution in [-0.4, -0.2) is 30.3 Å². The van der Waals surface area contributed by atoms with E-state index in [4.69, 9.17) is 10.5 Å². The maximum absolute atomic E-state index is 14.3. The second kappa shape index (κ2) is 9.06. The van der Waals surface area contributed by atoms with Crippen LogP contribution in [0.15, 0.2) is 41.3 Å². The number of hydrogen-bond acceptors (Lipinski definition) is 7. The molecule has 156 valence electrons. The number of hydrogen-bond donors (Lipinski definition) is 2. The van der Waals surface area contributed by atoms with Crippen molar-refractivity contribution in [3.8, 4) is 11.5 Å². The smallest absolute Gasteiger partial charge is 0.322 e. The number of nitrogens with one attached hydrogen (secondary N) is 1. The molecule has 0 saturated carbocycles. The van der Waals surface area contributed by atoms with Gasteiger partial charge in [-0.2, -0.15) is 0 Å². The van der Waals surface area contributed by atoms with Crippen molar-refractivity contribution in [1.82, 2.24) is 5.32 Å². The molecular formula is C20H16F2N2O5S. The summed E-state index contributed by atoms with van der Waals surface area (Å²) in [6.45, 7) is 0. The van der Waals surface area contributed by atoms with Gasteiger partial charge in [0.2, 0.25) is 0 Å². The van der Waals surface area contributed by atoms with Crippen molar-refractivity contribution in [3.05, 3.63) is 64.1 Å². The Kier molecular flexibility index (Phi) is 6.48. The van der Waals surface area contributed by atoms with Crippen molar-refractivity contribution in [2.75, 3.05) is 7.11 Å². The van der Waals surface area contributed by atoms with E-state index in [1.165, 1.54) is 25.3 Å². The Hall–Kier alpha value is -3.24. The van der Waals surface area contributed by atoms with Crippen molar-refractivity contribution in [2.45, 2.75) is 12.5 Å². The molecule has 3 rings (SSSR count). The number of carbonyl (C=O) groups excluding carboxylic acids is 3. The normalized spacial score (nSPS) is 15.8. The largest absolute Gasteiger partial charge is 0.468 e. The Morgan fingerprint density at radius 1 is 1.20 bits per heavy atom. The van der Waals surface area contributed by atoms with Crippen LogP contribution in [0.3, 0.4) is 0 Å². The number of halogens is 2. The van der Waals surface area contributed by atoms with Crippen LogP contribution in [-0.2, 0) is 20.7 Å².